The van der Waals surface area contributed by atoms with Crippen LogP contribution in [0.3, 0.4) is 0 Å². The summed E-state index contributed by atoms with van der Waals surface area (Å²) in [4.78, 5) is 27.6. The van der Waals surface area contributed by atoms with Crippen LogP contribution in [-0.2, 0) is 0 Å². The molecule has 3 aromatic carbocycles. The first-order chi connectivity index (χ1) is 13.5. The molecule has 28 heavy (non-hydrogen) atoms. The van der Waals surface area contributed by atoms with Crippen LogP contribution in [0.25, 0.3) is 10.8 Å². The monoisotopic (exact) mass is 374 g/mol. The second-order valence-corrected chi connectivity index (χ2v) is 6.93. The molecule has 142 valence electrons. The van der Waals surface area contributed by atoms with Crippen molar-refractivity contribution in [3.05, 3.63) is 59.7 Å². The van der Waals surface area contributed by atoms with Crippen molar-refractivity contribution in [2.75, 3.05) is 28.2 Å². The third kappa shape index (κ3) is 2.74. The lowest BCUT2D eigenvalue weighted by atomic mass is 9.92. The number of rotatable bonds is 5. The van der Waals surface area contributed by atoms with E-state index >= 15 is 0 Å². The summed E-state index contributed by atoms with van der Waals surface area (Å²) < 4.78 is 0. The number of nitrogen functional groups attached to an aromatic ring is 2. The van der Waals surface area contributed by atoms with E-state index in [0.717, 1.165) is 35.4 Å². The highest BCUT2D eigenvalue weighted by Crippen LogP contribution is 2.37. The van der Waals surface area contributed by atoms with Crippen LogP contribution < -0.4 is 21.7 Å². The minimum Gasteiger partial charge on any atom is -0.397 e. The van der Waals surface area contributed by atoms with E-state index < -0.39 is 0 Å². The highest BCUT2D eigenvalue weighted by molar-refractivity contribution is 6.36. The first kappa shape index (κ1) is 17.9. The molecule has 6 nitrogen and oxygen atoms in total. The number of hydrogen-bond donors (Lipinski definition) is 3. The maximum Gasteiger partial charge on any atom is 0.265 e. The topological polar surface area (TPSA) is 101 Å². The quantitative estimate of drug-likeness (QED) is 0.356. The van der Waals surface area contributed by atoms with E-state index in [-0.39, 0.29) is 11.8 Å². The van der Waals surface area contributed by atoms with Crippen molar-refractivity contribution < 1.29 is 9.59 Å². The summed E-state index contributed by atoms with van der Waals surface area (Å²) in [6.07, 6.45) is 2.14. The van der Waals surface area contributed by atoms with Crippen LogP contribution in [0.2, 0.25) is 0 Å². The van der Waals surface area contributed by atoms with Gasteiger partial charge in [0.2, 0.25) is 0 Å². The number of carbonyl (C=O) groups excluding carboxylic acids is 2. The standard InChI is InChI=1S/C22H22N4O2/c1-2-3-11-25-19-10-8-16-20-14(19)5-4-6-15(20)21(27)26(22(16)28)13-7-9-17(23)18(24)12-13/h4-10,12,25H,2-3,11,23-24H2,1H3. The van der Waals surface area contributed by atoms with E-state index in [0.29, 0.717) is 33.6 Å². The van der Waals surface area contributed by atoms with Crippen molar-refractivity contribution >= 4 is 45.3 Å². The van der Waals surface area contributed by atoms with E-state index in [2.05, 4.69) is 12.2 Å². The van der Waals surface area contributed by atoms with Crippen LogP contribution in [0.1, 0.15) is 40.5 Å². The molecule has 0 saturated carbocycles. The molecule has 4 rings (SSSR count). The minimum absolute atomic E-state index is 0.331. The summed E-state index contributed by atoms with van der Waals surface area (Å²) in [6, 6.07) is 14.0. The van der Waals surface area contributed by atoms with E-state index in [4.69, 9.17) is 11.5 Å². The van der Waals surface area contributed by atoms with Gasteiger partial charge in [-0.05, 0) is 42.8 Å². The zero-order valence-corrected chi connectivity index (χ0v) is 15.7. The third-order valence-corrected chi connectivity index (χ3v) is 5.08. The van der Waals surface area contributed by atoms with E-state index in [1.54, 1.807) is 30.3 Å². The Morgan fingerprint density at radius 3 is 2.39 bits per heavy atom. The molecule has 0 radical (unpaired) electrons. The van der Waals surface area contributed by atoms with Gasteiger partial charge in [-0.25, -0.2) is 4.90 Å². The zero-order valence-electron chi connectivity index (χ0n) is 15.7. The Morgan fingerprint density at radius 1 is 0.929 bits per heavy atom. The molecular formula is C22H22N4O2. The van der Waals surface area contributed by atoms with Crippen LogP contribution in [0.5, 0.6) is 0 Å². The Hall–Kier alpha value is -3.54. The molecule has 0 spiro atoms. The lowest BCUT2D eigenvalue weighted by molar-refractivity contribution is 0.0893. The summed E-state index contributed by atoms with van der Waals surface area (Å²) in [7, 11) is 0. The molecule has 0 bridgehead atoms. The summed E-state index contributed by atoms with van der Waals surface area (Å²) in [5, 5.41) is 4.98. The smallest absolute Gasteiger partial charge is 0.265 e. The van der Waals surface area contributed by atoms with Crippen LogP contribution in [-0.4, -0.2) is 18.4 Å². The van der Waals surface area contributed by atoms with Gasteiger partial charge in [0.15, 0.2) is 0 Å². The van der Waals surface area contributed by atoms with Gasteiger partial charge in [0.05, 0.1) is 17.1 Å². The Bertz CT molecular complexity index is 1080. The highest BCUT2D eigenvalue weighted by atomic mass is 16.2. The molecule has 1 aliphatic heterocycles. The molecule has 1 heterocycles. The minimum atomic E-state index is -0.363. The van der Waals surface area contributed by atoms with Gasteiger partial charge in [0.25, 0.3) is 11.8 Å². The van der Waals surface area contributed by atoms with Crippen molar-refractivity contribution in [3.63, 3.8) is 0 Å². The molecule has 0 atom stereocenters. The van der Waals surface area contributed by atoms with Crippen molar-refractivity contribution in [2.24, 2.45) is 0 Å². The molecule has 6 heteroatoms. The molecule has 2 amide bonds. The second kappa shape index (κ2) is 6.88. The zero-order chi connectivity index (χ0) is 19.8. The summed E-state index contributed by atoms with van der Waals surface area (Å²) in [5.41, 5.74) is 14.7. The number of carbonyl (C=O) groups is 2. The van der Waals surface area contributed by atoms with Gasteiger partial charge in [-0.15, -0.1) is 0 Å². The van der Waals surface area contributed by atoms with Gasteiger partial charge in [0.1, 0.15) is 0 Å². The van der Waals surface area contributed by atoms with Gasteiger partial charge in [-0.3, -0.25) is 9.59 Å². The molecule has 0 saturated heterocycles. The van der Waals surface area contributed by atoms with Crippen molar-refractivity contribution in [1.82, 2.24) is 0 Å². The largest absolute Gasteiger partial charge is 0.397 e. The second-order valence-electron chi connectivity index (χ2n) is 6.93. The van der Waals surface area contributed by atoms with Gasteiger partial charge < -0.3 is 16.8 Å². The number of nitrogens with zero attached hydrogens (tertiary/aromatic N) is 1. The number of nitrogens with two attached hydrogens (primary N) is 2. The van der Waals surface area contributed by atoms with E-state index in [9.17, 15) is 9.59 Å². The third-order valence-electron chi connectivity index (χ3n) is 5.08. The Balaban J connectivity index is 1.84. The SMILES string of the molecule is CCCCNc1ccc2c3c(cccc13)C(=O)N(c1ccc(N)c(N)c1)C2=O. The Morgan fingerprint density at radius 2 is 1.68 bits per heavy atom. The van der Waals surface area contributed by atoms with Crippen molar-refractivity contribution in [1.29, 1.82) is 0 Å². The molecule has 0 unspecified atom stereocenters. The predicted molar refractivity (Wildman–Crippen MR) is 114 cm³/mol. The fourth-order valence-electron chi connectivity index (χ4n) is 3.59. The summed E-state index contributed by atoms with van der Waals surface area (Å²) in [5.74, 6) is -0.726. The number of imide groups is 1. The number of anilines is 4. The van der Waals surface area contributed by atoms with Crippen LogP contribution >= 0.6 is 0 Å². The Labute approximate surface area is 163 Å². The van der Waals surface area contributed by atoms with E-state index in [1.165, 1.54) is 0 Å². The Kier molecular flexibility index (Phi) is 4.39. The maximum atomic E-state index is 13.2. The van der Waals surface area contributed by atoms with Gasteiger partial charge in [0, 0.05) is 34.1 Å². The number of amides is 2. The average Bonchev–Trinajstić information content (AvgIpc) is 2.69. The van der Waals surface area contributed by atoms with Gasteiger partial charge >= 0.3 is 0 Å². The number of unbranched alkanes of at least 4 members (excludes halogenated alkanes) is 1. The van der Waals surface area contributed by atoms with E-state index in [1.807, 2.05) is 18.2 Å². The van der Waals surface area contributed by atoms with Crippen molar-refractivity contribution in [3.8, 4) is 0 Å². The summed E-state index contributed by atoms with van der Waals surface area (Å²) in [6.45, 7) is 2.98. The molecule has 0 aromatic heterocycles. The average molecular weight is 374 g/mol. The van der Waals surface area contributed by atoms with Crippen LogP contribution in [0.4, 0.5) is 22.7 Å². The van der Waals surface area contributed by atoms with Crippen LogP contribution in [0, 0.1) is 0 Å². The fraction of sp³-hybridized carbons (Fsp3) is 0.182. The molecule has 1 aliphatic rings. The summed E-state index contributed by atoms with van der Waals surface area (Å²) >= 11 is 0. The fourth-order valence-corrected chi connectivity index (χ4v) is 3.59. The molecule has 0 fully saturated rings. The number of nitrogens with one attached hydrogen (secondary N) is 1. The molecule has 5 N–H and O–H groups in total. The lowest BCUT2D eigenvalue weighted by Gasteiger charge is -2.28. The maximum absolute atomic E-state index is 13.2. The first-order valence-corrected chi connectivity index (χ1v) is 9.36. The normalized spacial score (nSPS) is 13.2. The first-order valence-electron chi connectivity index (χ1n) is 9.36. The lowest BCUT2D eigenvalue weighted by Crippen LogP contribution is -2.40. The van der Waals surface area contributed by atoms with Crippen LogP contribution in [0.15, 0.2) is 48.5 Å². The molecule has 0 aliphatic carbocycles. The number of hydrogen-bond acceptors (Lipinski definition) is 5. The van der Waals surface area contributed by atoms with Crippen molar-refractivity contribution in [2.45, 2.75) is 19.8 Å². The molecule has 3 aromatic rings. The van der Waals surface area contributed by atoms with Gasteiger partial charge in [-0.2, -0.15) is 0 Å². The predicted octanol–water partition coefficient (Wildman–Crippen LogP) is 4.02. The number of benzene rings is 3. The molecular weight excluding hydrogens is 352 g/mol. The highest BCUT2D eigenvalue weighted by Gasteiger charge is 2.34. The van der Waals surface area contributed by atoms with Gasteiger partial charge in [-0.1, -0.05) is 25.5 Å².